The molecule has 4 aromatic carbocycles. The number of hydrogen-bond donors (Lipinski definition) is 0. The molecule has 0 saturated carbocycles. The Kier molecular flexibility index (Phi) is 7.00. The molecule has 0 heterocycles. The maximum atomic E-state index is 4.55. The molecule has 3 aliphatic carbocycles. The number of rotatable bonds is 0. The van der Waals surface area contributed by atoms with Crippen molar-refractivity contribution in [2.24, 2.45) is 0 Å². The highest BCUT2D eigenvalue weighted by molar-refractivity contribution is 6.22. The van der Waals surface area contributed by atoms with Gasteiger partial charge in [-0.15, -0.1) is 0 Å². The summed E-state index contributed by atoms with van der Waals surface area (Å²) in [6, 6.07) is 25.9. The Labute approximate surface area is 217 Å². The molecule has 0 aromatic heterocycles. The molecule has 0 unspecified atom stereocenters. The van der Waals surface area contributed by atoms with Gasteiger partial charge in [0.1, 0.15) is 0 Å². The van der Waals surface area contributed by atoms with Crippen LogP contribution in [0.5, 0.6) is 0 Å². The molecule has 0 heteroatoms. The highest BCUT2D eigenvalue weighted by atomic mass is 14.4. The average Bonchev–Trinajstić information content (AvgIpc) is 3.54. The molecular weight excluding hydrogens is 432 g/mol. The van der Waals surface area contributed by atoms with Gasteiger partial charge in [-0.05, 0) is 83.5 Å². The topological polar surface area (TPSA) is 0 Å². The van der Waals surface area contributed by atoms with Crippen LogP contribution in [0, 0.1) is 0 Å². The van der Waals surface area contributed by atoms with Crippen LogP contribution in [0.1, 0.15) is 74.9 Å². The Morgan fingerprint density at radius 3 is 0.722 bits per heavy atom. The molecule has 36 heavy (non-hydrogen) atoms. The largest absolute Gasteiger partial charge is 0.0905 e. The third-order valence-corrected chi connectivity index (χ3v) is 6.97. The predicted octanol–water partition coefficient (Wildman–Crippen LogP) is 10.9. The van der Waals surface area contributed by atoms with Crippen molar-refractivity contribution in [2.75, 3.05) is 0 Å². The Bertz CT molecular complexity index is 1320. The van der Waals surface area contributed by atoms with Crippen molar-refractivity contribution in [3.63, 3.8) is 0 Å². The van der Waals surface area contributed by atoms with Gasteiger partial charge in [0.15, 0.2) is 0 Å². The summed E-state index contributed by atoms with van der Waals surface area (Å²) < 4.78 is 0. The van der Waals surface area contributed by atoms with E-state index in [4.69, 9.17) is 0 Å². The number of hydrogen-bond acceptors (Lipinski definition) is 0. The molecule has 0 spiro atoms. The SMILES string of the molecule is C=C1c2ccccc2-c2c1c1c(c3c2C(=C)c2ccccc2-3)C(=C)c2ccccc2-1.CC.CC.CC. The van der Waals surface area contributed by atoms with E-state index in [1.165, 1.54) is 66.8 Å². The van der Waals surface area contributed by atoms with E-state index >= 15 is 0 Å². The summed E-state index contributed by atoms with van der Waals surface area (Å²) in [6.07, 6.45) is 0. The Balaban J connectivity index is 0.000000475. The van der Waals surface area contributed by atoms with Crippen LogP contribution in [0.15, 0.2) is 92.5 Å². The first kappa shape index (κ1) is 25.2. The molecule has 0 fully saturated rings. The van der Waals surface area contributed by atoms with Crippen molar-refractivity contribution >= 4 is 16.7 Å². The van der Waals surface area contributed by atoms with E-state index < -0.39 is 0 Å². The molecule has 0 saturated heterocycles. The van der Waals surface area contributed by atoms with Crippen molar-refractivity contribution in [3.05, 3.63) is 126 Å². The Morgan fingerprint density at radius 1 is 0.306 bits per heavy atom. The number of fused-ring (bicyclic) bond motifs is 12. The second-order valence-corrected chi connectivity index (χ2v) is 8.32. The monoisotopic (exact) mass is 468 g/mol. The van der Waals surface area contributed by atoms with Gasteiger partial charge < -0.3 is 0 Å². The number of benzene rings is 4. The fraction of sp³-hybridized carbons (Fsp3) is 0.167. The molecule has 180 valence electrons. The van der Waals surface area contributed by atoms with Crippen LogP contribution in [-0.2, 0) is 0 Å². The van der Waals surface area contributed by atoms with Crippen molar-refractivity contribution in [1.82, 2.24) is 0 Å². The van der Waals surface area contributed by atoms with Gasteiger partial charge in [0.25, 0.3) is 0 Å². The molecule has 0 amide bonds. The van der Waals surface area contributed by atoms with Crippen molar-refractivity contribution in [3.8, 4) is 33.4 Å². The zero-order valence-electron chi connectivity index (χ0n) is 22.5. The summed E-state index contributed by atoms with van der Waals surface area (Å²) in [7, 11) is 0. The second kappa shape index (κ2) is 9.99. The molecule has 0 bridgehead atoms. The lowest BCUT2D eigenvalue weighted by Gasteiger charge is -2.17. The lowest BCUT2D eigenvalue weighted by molar-refractivity contribution is 1.50. The van der Waals surface area contributed by atoms with E-state index in [9.17, 15) is 0 Å². The summed E-state index contributed by atoms with van der Waals surface area (Å²) >= 11 is 0. The minimum Gasteiger partial charge on any atom is -0.0905 e. The van der Waals surface area contributed by atoms with E-state index in [0.717, 1.165) is 16.7 Å². The Hall–Kier alpha value is -3.90. The van der Waals surface area contributed by atoms with E-state index in [1.54, 1.807) is 0 Å². The standard InChI is InChI=1S/C30H18.3C2H6/c1-16-19-10-4-7-13-22(19)28-25(16)29-23-14-8-5-11-20(23)17(2)27(29)30-24-15-9-6-12-21(24)18(3)26(28)30;3*1-2/h4-15H,1-3H2;3*1-2H3. The third-order valence-electron chi connectivity index (χ3n) is 6.97. The molecule has 0 atom stereocenters. The van der Waals surface area contributed by atoms with Gasteiger partial charge in [0, 0.05) is 0 Å². The zero-order valence-corrected chi connectivity index (χ0v) is 22.5. The Morgan fingerprint density at radius 2 is 0.500 bits per heavy atom. The maximum absolute atomic E-state index is 4.55. The van der Waals surface area contributed by atoms with Crippen molar-refractivity contribution in [2.45, 2.75) is 41.5 Å². The van der Waals surface area contributed by atoms with Gasteiger partial charge in [-0.1, -0.05) is 134 Å². The van der Waals surface area contributed by atoms with Gasteiger partial charge in [0.05, 0.1) is 0 Å². The van der Waals surface area contributed by atoms with Crippen molar-refractivity contribution in [1.29, 1.82) is 0 Å². The normalized spacial score (nSPS) is 12.3. The lowest BCUT2D eigenvalue weighted by Crippen LogP contribution is -1.95. The molecule has 0 radical (unpaired) electrons. The van der Waals surface area contributed by atoms with Gasteiger partial charge in [0.2, 0.25) is 0 Å². The first-order valence-electron chi connectivity index (χ1n) is 13.3. The quantitative estimate of drug-likeness (QED) is 0.208. The fourth-order valence-electron chi connectivity index (χ4n) is 5.76. The fourth-order valence-corrected chi connectivity index (χ4v) is 5.76. The van der Waals surface area contributed by atoms with Crippen LogP contribution < -0.4 is 0 Å². The first-order chi connectivity index (χ1) is 17.7. The summed E-state index contributed by atoms with van der Waals surface area (Å²) in [6.45, 7) is 25.7. The molecule has 0 nitrogen and oxygen atoms in total. The van der Waals surface area contributed by atoms with E-state index in [-0.39, 0.29) is 0 Å². The van der Waals surface area contributed by atoms with E-state index in [0.29, 0.717) is 0 Å². The first-order valence-corrected chi connectivity index (χ1v) is 13.3. The highest BCUT2D eigenvalue weighted by Crippen LogP contribution is 2.62. The molecule has 3 aliphatic rings. The van der Waals surface area contributed by atoms with Crippen LogP contribution in [0.3, 0.4) is 0 Å². The van der Waals surface area contributed by atoms with E-state index in [1.807, 2.05) is 41.5 Å². The van der Waals surface area contributed by atoms with Gasteiger partial charge in [-0.25, -0.2) is 0 Å². The smallest absolute Gasteiger partial charge is 0.000762 e. The van der Waals surface area contributed by atoms with Crippen LogP contribution >= 0.6 is 0 Å². The zero-order chi connectivity index (χ0) is 26.1. The summed E-state index contributed by atoms with van der Waals surface area (Å²) in [5.41, 5.74) is 18.4. The minimum atomic E-state index is 1.10. The second-order valence-electron chi connectivity index (χ2n) is 8.32. The molecule has 7 rings (SSSR count). The predicted molar refractivity (Wildman–Crippen MR) is 161 cm³/mol. The minimum absolute atomic E-state index is 1.10. The van der Waals surface area contributed by atoms with Gasteiger partial charge in [-0.3, -0.25) is 0 Å². The van der Waals surface area contributed by atoms with E-state index in [2.05, 4.69) is 92.5 Å². The summed E-state index contributed by atoms with van der Waals surface area (Å²) in [5, 5.41) is 0. The van der Waals surface area contributed by atoms with Crippen LogP contribution in [-0.4, -0.2) is 0 Å². The van der Waals surface area contributed by atoms with Gasteiger partial charge in [-0.2, -0.15) is 0 Å². The highest BCUT2D eigenvalue weighted by Gasteiger charge is 2.40. The maximum Gasteiger partial charge on any atom is -0.000762 e. The molecule has 0 N–H and O–H groups in total. The molecular formula is C36H36. The molecule has 4 aromatic rings. The summed E-state index contributed by atoms with van der Waals surface area (Å²) in [5.74, 6) is 0. The van der Waals surface area contributed by atoms with Crippen LogP contribution in [0.25, 0.3) is 50.1 Å². The third kappa shape index (κ3) is 3.21. The average molecular weight is 469 g/mol. The lowest BCUT2D eigenvalue weighted by atomic mass is 9.84. The van der Waals surface area contributed by atoms with Crippen molar-refractivity contribution < 1.29 is 0 Å². The van der Waals surface area contributed by atoms with Gasteiger partial charge >= 0.3 is 0 Å². The van der Waals surface area contributed by atoms with Crippen LogP contribution in [0.2, 0.25) is 0 Å². The summed E-state index contributed by atoms with van der Waals surface area (Å²) in [4.78, 5) is 0. The molecule has 0 aliphatic heterocycles. The van der Waals surface area contributed by atoms with Crippen LogP contribution in [0.4, 0.5) is 0 Å².